The van der Waals surface area contributed by atoms with Gasteiger partial charge in [0.1, 0.15) is 0 Å². The molecule has 1 unspecified atom stereocenters. The zero-order valence-corrected chi connectivity index (χ0v) is 10.5. The molecule has 0 aromatic carbocycles. The molecular weight excluding hydrogens is 182 g/mol. The maximum atomic E-state index is 4.54. The van der Waals surface area contributed by atoms with E-state index in [1.807, 2.05) is 20.0 Å². The van der Waals surface area contributed by atoms with Crippen LogP contribution in [0.3, 0.4) is 0 Å². The smallest absolute Gasteiger partial charge is 0.0438 e. The minimum absolute atomic E-state index is 0.725. The molecule has 0 radical (unpaired) electrons. The number of aromatic nitrogens is 1. The molecule has 1 aliphatic carbocycles. The molecule has 1 nitrogen and oxygen atoms in total. The average molecular weight is 205 g/mol. The van der Waals surface area contributed by atoms with Gasteiger partial charge in [-0.3, -0.25) is 4.98 Å². The predicted octanol–water partition coefficient (Wildman–Crippen LogP) is 4.11. The van der Waals surface area contributed by atoms with Crippen molar-refractivity contribution in [2.45, 2.75) is 59.3 Å². The molecule has 84 valence electrons. The topological polar surface area (TPSA) is 12.9 Å². The minimum Gasteiger partial charge on any atom is -0.261 e. The van der Waals surface area contributed by atoms with Gasteiger partial charge in [-0.15, -0.1) is 0 Å². The molecule has 1 aromatic heterocycles. The third-order valence-electron chi connectivity index (χ3n) is 3.05. The molecule has 0 N–H and O–H groups in total. The number of hydrogen-bond donors (Lipinski definition) is 0. The van der Waals surface area contributed by atoms with E-state index >= 15 is 0 Å². The Morgan fingerprint density at radius 1 is 1.40 bits per heavy atom. The standard InChI is InChI=1S/C12H17N.C2H6/c1-3-10-7-11-9(2)5-4-6-12(11)13-8-10;1-2/h7-9H,3-6H2,1-2H3;1-2H3. The molecular formula is C14H23N. The summed E-state index contributed by atoms with van der Waals surface area (Å²) in [5, 5.41) is 0. The number of rotatable bonds is 1. The van der Waals surface area contributed by atoms with Crippen molar-refractivity contribution < 1.29 is 0 Å². The van der Waals surface area contributed by atoms with Crippen LogP contribution in [0.15, 0.2) is 12.3 Å². The fourth-order valence-corrected chi connectivity index (χ4v) is 2.12. The molecule has 0 spiro atoms. The highest BCUT2D eigenvalue weighted by molar-refractivity contribution is 5.30. The predicted molar refractivity (Wildman–Crippen MR) is 66.3 cm³/mol. The zero-order valence-electron chi connectivity index (χ0n) is 10.5. The third-order valence-corrected chi connectivity index (χ3v) is 3.05. The molecule has 0 aliphatic heterocycles. The number of nitrogens with zero attached hydrogens (tertiary/aromatic N) is 1. The van der Waals surface area contributed by atoms with Crippen LogP contribution in [0.1, 0.15) is 63.3 Å². The molecule has 0 bridgehead atoms. The van der Waals surface area contributed by atoms with Gasteiger partial charge in [0.25, 0.3) is 0 Å². The quantitative estimate of drug-likeness (QED) is 0.672. The molecule has 0 saturated carbocycles. The Morgan fingerprint density at radius 3 is 2.80 bits per heavy atom. The van der Waals surface area contributed by atoms with Crippen LogP contribution in [-0.2, 0) is 12.8 Å². The van der Waals surface area contributed by atoms with Crippen molar-refractivity contribution in [1.29, 1.82) is 0 Å². The van der Waals surface area contributed by atoms with Gasteiger partial charge < -0.3 is 0 Å². The first kappa shape index (κ1) is 12.2. The van der Waals surface area contributed by atoms with Gasteiger partial charge in [0.05, 0.1) is 0 Å². The lowest BCUT2D eigenvalue weighted by atomic mass is 9.86. The van der Waals surface area contributed by atoms with E-state index in [0.29, 0.717) is 0 Å². The van der Waals surface area contributed by atoms with Crippen molar-refractivity contribution in [2.24, 2.45) is 0 Å². The summed E-state index contributed by atoms with van der Waals surface area (Å²) in [5.41, 5.74) is 4.23. The summed E-state index contributed by atoms with van der Waals surface area (Å²) in [7, 11) is 0. The molecule has 0 amide bonds. The van der Waals surface area contributed by atoms with Crippen LogP contribution in [0.4, 0.5) is 0 Å². The minimum atomic E-state index is 0.725. The highest BCUT2D eigenvalue weighted by Gasteiger charge is 2.17. The van der Waals surface area contributed by atoms with Gasteiger partial charge in [-0.05, 0) is 42.7 Å². The van der Waals surface area contributed by atoms with Crippen molar-refractivity contribution in [3.8, 4) is 0 Å². The molecule has 2 rings (SSSR count). The van der Waals surface area contributed by atoms with Gasteiger partial charge in [-0.25, -0.2) is 0 Å². The first-order valence-corrected chi connectivity index (χ1v) is 6.29. The molecule has 1 aliphatic rings. The molecule has 1 atom stereocenters. The summed E-state index contributed by atoms with van der Waals surface area (Å²) < 4.78 is 0. The Balaban J connectivity index is 0.000000531. The number of pyridine rings is 1. The van der Waals surface area contributed by atoms with Crippen molar-refractivity contribution in [3.05, 3.63) is 29.1 Å². The van der Waals surface area contributed by atoms with Gasteiger partial charge >= 0.3 is 0 Å². The lowest BCUT2D eigenvalue weighted by molar-refractivity contribution is 0.577. The monoisotopic (exact) mass is 205 g/mol. The fraction of sp³-hybridized carbons (Fsp3) is 0.643. The Kier molecular flexibility index (Phi) is 4.80. The summed E-state index contributed by atoms with van der Waals surface area (Å²) in [6, 6.07) is 2.35. The molecule has 0 saturated heterocycles. The van der Waals surface area contributed by atoms with E-state index < -0.39 is 0 Å². The van der Waals surface area contributed by atoms with Crippen LogP contribution in [-0.4, -0.2) is 4.98 Å². The maximum Gasteiger partial charge on any atom is 0.0438 e. The van der Waals surface area contributed by atoms with E-state index in [1.54, 1.807) is 0 Å². The second-order valence-corrected chi connectivity index (χ2v) is 4.03. The first-order valence-electron chi connectivity index (χ1n) is 6.29. The van der Waals surface area contributed by atoms with Gasteiger partial charge in [0.2, 0.25) is 0 Å². The van der Waals surface area contributed by atoms with Crippen molar-refractivity contribution in [3.63, 3.8) is 0 Å². The van der Waals surface area contributed by atoms with Crippen molar-refractivity contribution >= 4 is 0 Å². The maximum absolute atomic E-state index is 4.54. The van der Waals surface area contributed by atoms with Crippen LogP contribution >= 0.6 is 0 Å². The first-order chi connectivity index (χ1) is 7.31. The Labute approximate surface area is 93.9 Å². The molecule has 1 heteroatoms. The van der Waals surface area contributed by atoms with E-state index in [1.165, 1.54) is 36.1 Å². The van der Waals surface area contributed by atoms with Crippen LogP contribution in [0.5, 0.6) is 0 Å². The molecule has 0 fully saturated rings. The Morgan fingerprint density at radius 2 is 2.13 bits per heavy atom. The number of fused-ring (bicyclic) bond motifs is 1. The lowest BCUT2D eigenvalue weighted by Gasteiger charge is -2.21. The van der Waals surface area contributed by atoms with Crippen LogP contribution in [0, 0.1) is 0 Å². The third kappa shape index (κ3) is 2.80. The van der Waals surface area contributed by atoms with Crippen LogP contribution < -0.4 is 0 Å². The van der Waals surface area contributed by atoms with E-state index in [-0.39, 0.29) is 0 Å². The fourth-order valence-electron chi connectivity index (χ4n) is 2.12. The SMILES string of the molecule is CC.CCc1cnc2c(c1)C(C)CCC2. The van der Waals surface area contributed by atoms with Gasteiger partial charge in [-0.1, -0.05) is 33.8 Å². The van der Waals surface area contributed by atoms with E-state index in [2.05, 4.69) is 24.9 Å². The summed E-state index contributed by atoms with van der Waals surface area (Å²) in [6.07, 6.45) is 6.97. The van der Waals surface area contributed by atoms with Crippen LogP contribution in [0.25, 0.3) is 0 Å². The van der Waals surface area contributed by atoms with E-state index in [4.69, 9.17) is 0 Å². The molecule has 1 aromatic rings. The van der Waals surface area contributed by atoms with E-state index in [0.717, 1.165) is 12.3 Å². The van der Waals surface area contributed by atoms with Gasteiger partial charge in [-0.2, -0.15) is 0 Å². The van der Waals surface area contributed by atoms with Gasteiger partial charge in [0.15, 0.2) is 0 Å². The summed E-state index contributed by atoms with van der Waals surface area (Å²) in [4.78, 5) is 4.54. The average Bonchev–Trinajstić information content (AvgIpc) is 2.32. The second kappa shape index (κ2) is 5.89. The Bertz CT molecular complexity index is 304. The lowest BCUT2D eigenvalue weighted by Crippen LogP contribution is -2.09. The van der Waals surface area contributed by atoms with E-state index in [9.17, 15) is 0 Å². The molecule has 15 heavy (non-hydrogen) atoms. The summed E-state index contributed by atoms with van der Waals surface area (Å²) in [5.74, 6) is 0.725. The Hall–Kier alpha value is -0.850. The van der Waals surface area contributed by atoms with Crippen molar-refractivity contribution in [1.82, 2.24) is 4.98 Å². The van der Waals surface area contributed by atoms with Crippen LogP contribution in [0.2, 0.25) is 0 Å². The largest absolute Gasteiger partial charge is 0.261 e. The normalized spacial score (nSPS) is 18.8. The van der Waals surface area contributed by atoms with Gasteiger partial charge in [0, 0.05) is 11.9 Å². The summed E-state index contributed by atoms with van der Waals surface area (Å²) in [6.45, 7) is 8.51. The zero-order chi connectivity index (χ0) is 11.3. The highest BCUT2D eigenvalue weighted by Crippen LogP contribution is 2.30. The van der Waals surface area contributed by atoms with Crippen molar-refractivity contribution in [2.75, 3.05) is 0 Å². The highest BCUT2D eigenvalue weighted by atomic mass is 14.7. The number of hydrogen-bond acceptors (Lipinski definition) is 1. The number of aryl methyl sites for hydroxylation is 2. The summed E-state index contributed by atoms with van der Waals surface area (Å²) >= 11 is 0. The molecule has 1 heterocycles. The second-order valence-electron chi connectivity index (χ2n) is 4.03.